The van der Waals surface area contributed by atoms with Gasteiger partial charge in [0.25, 0.3) is 5.91 Å². The predicted octanol–water partition coefficient (Wildman–Crippen LogP) is 3.16. The van der Waals surface area contributed by atoms with Crippen molar-refractivity contribution < 1.29 is 18.7 Å². The van der Waals surface area contributed by atoms with E-state index < -0.39 is 11.9 Å². The lowest BCUT2D eigenvalue weighted by Gasteiger charge is -2.09. The van der Waals surface area contributed by atoms with Crippen LogP contribution in [0.4, 0.5) is 4.39 Å². The number of rotatable bonds is 5. The Morgan fingerprint density at radius 2 is 1.74 bits per heavy atom. The summed E-state index contributed by atoms with van der Waals surface area (Å²) < 4.78 is 17.9. The summed E-state index contributed by atoms with van der Waals surface area (Å²) in [5.41, 5.74) is 0.983. The van der Waals surface area contributed by atoms with E-state index in [1.807, 2.05) is 0 Å². The molecular weight excluding hydrogens is 297 g/mol. The molecule has 2 aromatic rings. The molecular formula is C18H16FNO3. The monoisotopic (exact) mass is 313 g/mol. The van der Waals surface area contributed by atoms with E-state index in [-0.39, 0.29) is 18.1 Å². The standard InChI is InChI=1S/C18H16FNO3/c1-2-23-18(22)16(12-13-8-10-15(19)11-9-13)20-17(21)14-6-4-3-5-7-14/h3-12H,2H2,1H3,(H,20,21)/b16-12+. The molecule has 23 heavy (non-hydrogen) atoms. The topological polar surface area (TPSA) is 55.4 Å². The third-order valence-corrected chi connectivity index (χ3v) is 2.96. The maximum Gasteiger partial charge on any atom is 0.354 e. The molecule has 118 valence electrons. The summed E-state index contributed by atoms with van der Waals surface area (Å²) in [6, 6.07) is 14.1. The lowest BCUT2D eigenvalue weighted by molar-refractivity contribution is -0.138. The Kier molecular flexibility index (Phi) is 5.63. The molecule has 0 radical (unpaired) electrons. The molecule has 0 saturated heterocycles. The van der Waals surface area contributed by atoms with Crippen molar-refractivity contribution in [3.63, 3.8) is 0 Å². The van der Waals surface area contributed by atoms with Crippen LogP contribution in [0.15, 0.2) is 60.3 Å². The highest BCUT2D eigenvalue weighted by molar-refractivity contribution is 6.03. The maximum atomic E-state index is 13.0. The molecule has 0 aliphatic carbocycles. The highest BCUT2D eigenvalue weighted by Crippen LogP contribution is 2.09. The van der Waals surface area contributed by atoms with Crippen LogP contribution in [-0.2, 0) is 9.53 Å². The van der Waals surface area contributed by atoms with Crippen LogP contribution in [0.5, 0.6) is 0 Å². The minimum Gasteiger partial charge on any atom is -0.461 e. The number of hydrogen-bond donors (Lipinski definition) is 1. The van der Waals surface area contributed by atoms with Crippen LogP contribution in [0.2, 0.25) is 0 Å². The van der Waals surface area contributed by atoms with Gasteiger partial charge in [0.15, 0.2) is 0 Å². The van der Waals surface area contributed by atoms with Crippen molar-refractivity contribution >= 4 is 18.0 Å². The average molecular weight is 313 g/mol. The maximum absolute atomic E-state index is 13.0. The molecule has 5 heteroatoms. The third kappa shape index (κ3) is 4.78. The molecule has 0 fully saturated rings. The molecule has 0 aliphatic rings. The molecule has 4 nitrogen and oxygen atoms in total. The van der Waals surface area contributed by atoms with Crippen LogP contribution in [0.1, 0.15) is 22.8 Å². The van der Waals surface area contributed by atoms with Crippen molar-refractivity contribution in [2.75, 3.05) is 6.61 Å². The number of ether oxygens (including phenoxy) is 1. The fourth-order valence-corrected chi connectivity index (χ4v) is 1.86. The first-order valence-electron chi connectivity index (χ1n) is 7.11. The van der Waals surface area contributed by atoms with Gasteiger partial charge in [0, 0.05) is 5.56 Å². The zero-order valence-corrected chi connectivity index (χ0v) is 12.6. The fraction of sp³-hybridized carbons (Fsp3) is 0.111. The smallest absolute Gasteiger partial charge is 0.354 e. The number of carbonyl (C=O) groups is 2. The van der Waals surface area contributed by atoms with E-state index in [1.54, 1.807) is 37.3 Å². The fourth-order valence-electron chi connectivity index (χ4n) is 1.86. The van der Waals surface area contributed by atoms with Crippen LogP contribution < -0.4 is 5.32 Å². The number of amides is 1. The summed E-state index contributed by atoms with van der Waals surface area (Å²) in [4.78, 5) is 24.2. The largest absolute Gasteiger partial charge is 0.461 e. The van der Waals surface area contributed by atoms with Gasteiger partial charge in [-0.25, -0.2) is 9.18 Å². The van der Waals surface area contributed by atoms with Crippen LogP contribution in [-0.4, -0.2) is 18.5 Å². The van der Waals surface area contributed by atoms with Gasteiger partial charge in [-0.2, -0.15) is 0 Å². The van der Waals surface area contributed by atoms with Gasteiger partial charge in [-0.05, 0) is 42.8 Å². The number of benzene rings is 2. The number of halogens is 1. The Labute approximate surface area is 133 Å². The van der Waals surface area contributed by atoms with Crippen LogP contribution >= 0.6 is 0 Å². The lowest BCUT2D eigenvalue weighted by Crippen LogP contribution is -2.28. The van der Waals surface area contributed by atoms with Gasteiger partial charge in [-0.1, -0.05) is 30.3 Å². The van der Waals surface area contributed by atoms with E-state index in [4.69, 9.17) is 4.74 Å². The molecule has 0 heterocycles. The second kappa shape index (κ2) is 7.89. The SMILES string of the molecule is CCOC(=O)/C(=C\c1ccc(F)cc1)NC(=O)c1ccccc1. The van der Waals surface area contributed by atoms with Crippen molar-refractivity contribution in [2.45, 2.75) is 6.92 Å². The van der Waals surface area contributed by atoms with Crippen LogP contribution in [0, 0.1) is 5.82 Å². The van der Waals surface area contributed by atoms with Gasteiger partial charge in [-0.15, -0.1) is 0 Å². The molecule has 1 amide bonds. The zero-order chi connectivity index (χ0) is 16.7. The Morgan fingerprint density at radius 3 is 2.35 bits per heavy atom. The summed E-state index contributed by atoms with van der Waals surface area (Å²) >= 11 is 0. The zero-order valence-electron chi connectivity index (χ0n) is 12.6. The predicted molar refractivity (Wildman–Crippen MR) is 84.9 cm³/mol. The quantitative estimate of drug-likeness (QED) is 0.681. The first-order valence-corrected chi connectivity index (χ1v) is 7.11. The highest BCUT2D eigenvalue weighted by atomic mass is 19.1. The van der Waals surface area contributed by atoms with E-state index in [0.29, 0.717) is 11.1 Å². The number of carbonyl (C=O) groups excluding carboxylic acids is 2. The molecule has 1 N–H and O–H groups in total. The van der Waals surface area contributed by atoms with Gasteiger partial charge < -0.3 is 10.1 Å². The Bertz CT molecular complexity index is 709. The second-order valence-electron chi connectivity index (χ2n) is 4.65. The molecule has 0 bridgehead atoms. The number of esters is 1. The summed E-state index contributed by atoms with van der Waals surface area (Å²) in [7, 11) is 0. The highest BCUT2D eigenvalue weighted by Gasteiger charge is 2.15. The molecule has 0 saturated carbocycles. The third-order valence-electron chi connectivity index (χ3n) is 2.96. The van der Waals surface area contributed by atoms with Crippen molar-refractivity contribution in [1.82, 2.24) is 5.32 Å². The molecule has 0 spiro atoms. The van der Waals surface area contributed by atoms with E-state index in [2.05, 4.69) is 5.32 Å². The van der Waals surface area contributed by atoms with Crippen LogP contribution in [0.3, 0.4) is 0 Å². The van der Waals surface area contributed by atoms with Gasteiger partial charge in [0.1, 0.15) is 11.5 Å². The summed E-state index contributed by atoms with van der Waals surface area (Å²) in [6.45, 7) is 1.85. The van der Waals surface area contributed by atoms with Crippen molar-refractivity contribution in [1.29, 1.82) is 0 Å². The molecule has 0 aromatic heterocycles. The van der Waals surface area contributed by atoms with Crippen molar-refractivity contribution in [2.24, 2.45) is 0 Å². The summed E-state index contributed by atoms with van der Waals surface area (Å²) in [5.74, 6) is -1.46. The number of nitrogens with one attached hydrogen (secondary N) is 1. The van der Waals surface area contributed by atoms with Crippen molar-refractivity contribution in [3.05, 3.63) is 77.2 Å². The summed E-state index contributed by atoms with van der Waals surface area (Å²) in [6.07, 6.45) is 1.44. The van der Waals surface area contributed by atoms with Gasteiger partial charge in [0.05, 0.1) is 6.61 Å². The number of hydrogen-bond acceptors (Lipinski definition) is 3. The first kappa shape index (κ1) is 16.4. The van der Waals surface area contributed by atoms with Gasteiger partial charge in [0.2, 0.25) is 0 Å². The Hall–Kier alpha value is -2.95. The molecule has 0 aliphatic heterocycles. The Morgan fingerprint density at radius 1 is 1.09 bits per heavy atom. The second-order valence-corrected chi connectivity index (χ2v) is 4.65. The Balaban J connectivity index is 2.25. The molecule has 0 unspecified atom stereocenters. The van der Waals surface area contributed by atoms with Gasteiger partial charge in [-0.3, -0.25) is 4.79 Å². The lowest BCUT2D eigenvalue weighted by atomic mass is 10.1. The summed E-state index contributed by atoms with van der Waals surface area (Å²) in [5, 5.41) is 2.53. The molecule has 2 aromatic carbocycles. The van der Waals surface area contributed by atoms with E-state index in [0.717, 1.165) is 0 Å². The molecule has 0 atom stereocenters. The van der Waals surface area contributed by atoms with Crippen LogP contribution in [0.25, 0.3) is 6.08 Å². The molecule has 2 rings (SSSR count). The average Bonchev–Trinajstić information content (AvgIpc) is 2.57. The van der Waals surface area contributed by atoms with Gasteiger partial charge >= 0.3 is 5.97 Å². The van der Waals surface area contributed by atoms with E-state index >= 15 is 0 Å². The van der Waals surface area contributed by atoms with E-state index in [9.17, 15) is 14.0 Å². The normalized spacial score (nSPS) is 11.0. The van der Waals surface area contributed by atoms with E-state index in [1.165, 1.54) is 30.3 Å². The first-order chi connectivity index (χ1) is 11.1. The minimum atomic E-state index is -0.652. The minimum absolute atomic E-state index is 0.00712. The van der Waals surface area contributed by atoms with Crippen molar-refractivity contribution in [3.8, 4) is 0 Å².